The summed E-state index contributed by atoms with van der Waals surface area (Å²) in [5.74, 6) is 0. The molecule has 0 aliphatic carbocycles. The molecular formula is C7H8BrClMg. The van der Waals surface area contributed by atoms with E-state index in [4.69, 9.17) is 11.6 Å². The average Bonchev–Trinajstić information content (AvgIpc) is 1.90. The number of hydrogen-bond acceptors (Lipinski definition) is 0. The summed E-state index contributed by atoms with van der Waals surface area (Å²) in [6.07, 6.45) is 0. The molecule has 0 unspecified atom stereocenters. The van der Waals surface area contributed by atoms with E-state index in [0.717, 1.165) is 10.4 Å². The molecule has 0 bridgehead atoms. The van der Waals surface area contributed by atoms with Crippen LogP contribution in [0.1, 0.15) is 8.42 Å². The van der Waals surface area contributed by atoms with Crippen LogP contribution in [-0.4, -0.2) is 23.1 Å². The molecule has 0 heterocycles. The Morgan fingerprint density at radius 3 is 2.20 bits per heavy atom. The fraction of sp³-hybridized carbons (Fsp3) is 0.143. The van der Waals surface area contributed by atoms with Crippen LogP contribution in [0.2, 0.25) is 5.02 Å². The zero-order chi connectivity index (χ0) is 6.69. The van der Waals surface area contributed by atoms with Crippen LogP contribution in [0.25, 0.3) is 0 Å². The van der Waals surface area contributed by atoms with Gasteiger partial charge in [-0.2, -0.15) is 0 Å². The SMILES string of the molecule is Clc1ccc(CBr)cc1.[H-].[H-].[Mg+2]. The third-order valence-electron chi connectivity index (χ3n) is 1.07. The third kappa shape index (κ3) is 3.24. The first kappa shape index (κ1) is 10.8. The Morgan fingerprint density at radius 1 is 1.30 bits per heavy atom. The molecule has 0 aliphatic heterocycles. The van der Waals surface area contributed by atoms with Gasteiger partial charge in [0.05, 0.1) is 0 Å². The van der Waals surface area contributed by atoms with E-state index in [1.54, 1.807) is 0 Å². The molecule has 0 radical (unpaired) electrons. The van der Waals surface area contributed by atoms with Crippen molar-refractivity contribution in [3.63, 3.8) is 0 Å². The molecule has 0 aliphatic rings. The predicted molar refractivity (Wildman–Crippen MR) is 52.1 cm³/mol. The van der Waals surface area contributed by atoms with Gasteiger partial charge in [-0.15, -0.1) is 0 Å². The summed E-state index contributed by atoms with van der Waals surface area (Å²) >= 11 is 8.99. The van der Waals surface area contributed by atoms with E-state index in [0.29, 0.717) is 0 Å². The molecule has 1 aromatic carbocycles. The molecular weight excluding hydrogens is 224 g/mol. The van der Waals surface area contributed by atoms with Crippen LogP contribution in [-0.2, 0) is 5.33 Å². The van der Waals surface area contributed by atoms with Crippen molar-refractivity contribution in [2.24, 2.45) is 0 Å². The van der Waals surface area contributed by atoms with Gasteiger partial charge in [0.2, 0.25) is 0 Å². The molecule has 10 heavy (non-hydrogen) atoms. The molecule has 0 saturated heterocycles. The molecule has 1 aromatic rings. The predicted octanol–water partition coefficient (Wildman–Crippen LogP) is 3.08. The van der Waals surface area contributed by atoms with E-state index >= 15 is 0 Å². The van der Waals surface area contributed by atoms with Crippen molar-refractivity contribution in [1.29, 1.82) is 0 Å². The largest absolute Gasteiger partial charge is 2.00 e. The Kier molecular flexibility index (Phi) is 5.82. The molecule has 0 nitrogen and oxygen atoms in total. The van der Waals surface area contributed by atoms with Crippen molar-refractivity contribution in [1.82, 2.24) is 0 Å². The molecule has 0 saturated carbocycles. The van der Waals surface area contributed by atoms with Gasteiger partial charge in [-0.05, 0) is 17.7 Å². The summed E-state index contributed by atoms with van der Waals surface area (Å²) in [5.41, 5.74) is 1.25. The van der Waals surface area contributed by atoms with Crippen molar-refractivity contribution in [2.45, 2.75) is 5.33 Å². The Balaban J connectivity index is -0.000000270. The Labute approximate surface area is 93.2 Å². The monoisotopic (exact) mass is 230 g/mol. The van der Waals surface area contributed by atoms with Gasteiger partial charge in [0.1, 0.15) is 0 Å². The normalized spacial score (nSPS) is 8.60. The van der Waals surface area contributed by atoms with Crippen LogP contribution in [0.4, 0.5) is 0 Å². The van der Waals surface area contributed by atoms with E-state index in [2.05, 4.69) is 15.9 Å². The van der Waals surface area contributed by atoms with Crippen LogP contribution in [0.15, 0.2) is 24.3 Å². The fourth-order valence-corrected chi connectivity index (χ4v) is 1.07. The Morgan fingerprint density at radius 2 is 1.80 bits per heavy atom. The fourth-order valence-electron chi connectivity index (χ4n) is 0.573. The quantitative estimate of drug-likeness (QED) is 0.515. The van der Waals surface area contributed by atoms with Crippen molar-refractivity contribution >= 4 is 50.6 Å². The van der Waals surface area contributed by atoms with Crippen molar-refractivity contribution in [3.05, 3.63) is 34.9 Å². The first-order chi connectivity index (χ1) is 4.33. The second-order valence-corrected chi connectivity index (χ2v) is 2.76. The van der Waals surface area contributed by atoms with Gasteiger partial charge in [0.25, 0.3) is 0 Å². The van der Waals surface area contributed by atoms with E-state index < -0.39 is 0 Å². The second kappa shape index (κ2) is 5.41. The second-order valence-electron chi connectivity index (χ2n) is 1.76. The Bertz CT molecular complexity index is 193. The van der Waals surface area contributed by atoms with E-state index in [9.17, 15) is 0 Å². The molecule has 0 amide bonds. The maximum absolute atomic E-state index is 5.65. The first-order valence-electron chi connectivity index (χ1n) is 2.63. The maximum Gasteiger partial charge on any atom is 2.00 e. The molecule has 52 valence electrons. The molecule has 1 rings (SSSR count). The summed E-state index contributed by atoms with van der Waals surface area (Å²) in [5, 5.41) is 1.68. The van der Waals surface area contributed by atoms with Gasteiger partial charge in [-0.1, -0.05) is 39.7 Å². The van der Waals surface area contributed by atoms with Gasteiger partial charge >= 0.3 is 23.1 Å². The van der Waals surface area contributed by atoms with Gasteiger partial charge in [0, 0.05) is 10.4 Å². The number of benzene rings is 1. The van der Waals surface area contributed by atoms with Crippen LogP contribution in [0.5, 0.6) is 0 Å². The van der Waals surface area contributed by atoms with Crippen LogP contribution >= 0.6 is 27.5 Å². The van der Waals surface area contributed by atoms with Gasteiger partial charge < -0.3 is 2.85 Å². The van der Waals surface area contributed by atoms with Crippen molar-refractivity contribution in [2.75, 3.05) is 0 Å². The molecule has 0 fully saturated rings. The van der Waals surface area contributed by atoms with Crippen molar-refractivity contribution in [3.8, 4) is 0 Å². The molecule has 0 atom stereocenters. The third-order valence-corrected chi connectivity index (χ3v) is 1.97. The zero-order valence-corrected chi connectivity index (χ0v) is 9.24. The molecule has 0 N–H and O–H groups in total. The summed E-state index contributed by atoms with van der Waals surface area (Å²) in [4.78, 5) is 0. The van der Waals surface area contributed by atoms with E-state index in [-0.39, 0.29) is 25.9 Å². The van der Waals surface area contributed by atoms with Gasteiger partial charge in [0.15, 0.2) is 0 Å². The van der Waals surface area contributed by atoms with E-state index in [1.807, 2.05) is 24.3 Å². The minimum atomic E-state index is 0. The average molecular weight is 232 g/mol. The zero-order valence-electron chi connectivity index (χ0n) is 7.48. The first-order valence-corrected chi connectivity index (χ1v) is 4.13. The number of rotatable bonds is 1. The molecule has 0 spiro atoms. The minimum absolute atomic E-state index is 0. The van der Waals surface area contributed by atoms with Gasteiger partial charge in [-0.25, -0.2) is 0 Å². The van der Waals surface area contributed by atoms with Crippen molar-refractivity contribution < 1.29 is 2.85 Å². The molecule has 0 aromatic heterocycles. The summed E-state index contributed by atoms with van der Waals surface area (Å²) in [7, 11) is 0. The number of hydrogen-bond donors (Lipinski definition) is 0. The summed E-state index contributed by atoms with van der Waals surface area (Å²) in [6.45, 7) is 0. The topological polar surface area (TPSA) is 0 Å². The summed E-state index contributed by atoms with van der Waals surface area (Å²) < 4.78 is 0. The maximum atomic E-state index is 5.65. The number of alkyl halides is 1. The number of halogens is 2. The van der Waals surface area contributed by atoms with Crippen LogP contribution < -0.4 is 0 Å². The summed E-state index contributed by atoms with van der Waals surface area (Å²) in [6, 6.07) is 7.77. The van der Waals surface area contributed by atoms with Crippen LogP contribution in [0.3, 0.4) is 0 Å². The molecule has 3 heteroatoms. The minimum Gasteiger partial charge on any atom is -1.00 e. The smallest absolute Gasteiger partial charge is 1.00 e. The Hall–Kier alpha value is 0.756. The van der Waals surface area contributed by atoms with E-state index in [1.165, 1.54) is 5.56 Å². The van der Waals surface area contributed by atoms with Crippen LogP contribution in [0, 0.1) is 0 Å². The standard InChI is InChI=1S/C7H6BrCl.Mg.2H/c8-5-6-1-3-7(9)4-2-6;;;/h1-4H,5H2;;;/q;+2;2*-1. The van der Waals surface area contributed by atoms with Gasteiger partial charge in [-0.3, -0.25) is 0 Å².